The monoisotopic (exact) mass is 286 g/mol. The minimum atomic E-state index is -1.06. The summed E-state index contributed by atoms with van der Waals surface area (Å²) >= 11 is 1.78. The van der Waals surface area contributed by atoms with E-state index in [4.69, 9.17) is 0 Å². The first-order valence-corrected chi connectivity index (χ1v) is 8.00. The Morgan fingerprint density at radius 3 is 2.53 bits per heavy atom. The third-order valence-corrected chi connectivity index (χ3v) is 5.82. The van der Waals surface area contributed by atoms with E-state index in [1.165, 1.54) is 4.90 Å². The molecule has 1 heterocycles. The number of rotatable bonds is 4. The molecule has 2 amide bonds. The zero-order chi connectivity index (χ0) is 14.1. The van der Waals surface area contributed by atoms with Gasteiger partial charge in [0.05, 0.1) is 0 Å². The summed E-state index contributed by atoms with van der Waals surface area (Å²) in [5.74, 6) is -0.909. The van der Waals surface area contributed by atoms with Crippen LogP contribution in [0.4, 0.5) is 4.79 Å². The summed E-state index contributed by atoms with van der Waals surface area (Å²) in [6.45, 7) is 2.82. The fraction of sp³-hybridized carbons (Fsp3) is 0.846. The van der Waals surface area contributed by atoms with Crippen molar-refractivity contribution in [2.24, 2.45) is 0 Å². The molecule has 19 heavy (non-hydrogen) atoms. The second kappa shape index (κ2) is 5.23. The van der Waals surface area contributed by atoms with Crippen LogP contribution < -0.4 is 5.32 Å². The van der Waals surface area contributed by atoms with Crippen LogP contribution in [0.25, 0.3) is 0 Å². The highest BCUT2D eigenvalue weighted by molar-refractivity contribution is 8.00. The lowest BCUT2D eigenvalue weighted by Gasteiger charge is -2.41. The Bertz CT molecular complexity index is 384. The minimum absolute atomic E-state index is 0.199. The molecule has 0 aromatic rings. The normalized spacial score (nSPS) is 28.8. The average Bonchev–Trinajstić information content (AvgIpc) is 3.17. The van der Waals surface area contributed by atoms with Gasteiger partial charge in [0.2, 0.25) is 0 Å². The maximum atomic E-state index is 12.3. The number of thioether (sulfide) groups is 1. The Morgan fingerprint density at radius 1 is 1.32 bits per heavy atom. The van der Waals surface area contributed by atoms with Gasteiger partial charge in [0.25, 0.3) is 0 Å². The number of likely N-dealkylation sites (tertiary alicyclic amines) is 1. The summed E-state index contributed by atoms with van der Waals surface area (Å²) < 4.78 is 0.199. The molecule has 1 aliphatic heterocycles. The number of nitrogens with one attached hydrogen (secondary N) is 1. The van der Waals surface area contributed by atoms with E-state index in [9.17, 15) is 14.7 Å². The molecule has 0 aromatic heterocycles. The summed E-state index contributed by atoms with van der Waals surface area (Å²) in [5.41, 5.74) is -1.06. The van der Waals surface area contributed by atoms with Crippen molar-refractivity contribution in [3.05, 3.63) is 0 Å². The fourth-order valence-electron chi connectivity index (χ4n) is 2.59. The number of amides is 2. The third-order valence-electron chi connectivity index (χ3n) is 4.40. The van der Waals surface area contributed by atoms with Crippen molar-refractivity contribution in [2.45, 2.75) is 49.3 Å². The molecule has 1 saturated heterocycles. The zero-order valence-corrected chi connectivity index (χ0v) is 12.4. The van der Waals surface area contributed by atoms with E-state index in [1.807, 2.05) is 0 Å². The first-order valence-electron chi connectivity index (χ1n) is 6.78. The van der Waals surface area contributed by atoms with Crippen LogP contribution in [0.15, 0.2) is 0 Å². The number of hydrogen-bond donors (Lipinski definition) is 2. The molecule has 1 unspecified atom stereocenters. The van der Waals surface area contributed by atoms with Gasteiger partial charge in [-0.25, -0.2) is 9.59 Å². The van der Waals surface area contributed by atoms with Crippen molar-refractivity contribution in [1.29, 1.82) is 0 Å². The lowest BCUT2D eigenvalue weighted by molar-refractivity contribution is -0.150. The van der Waals surface area contributed by atoms with E-state index in [0.717, 1.165) is 25.7 Å². The van der Waals surface area contributed by atoms with E-state index in [0.29, 0.717) is 19.5 Å². The van der Waals surface area contributed by atoms with Crippen LogP contribution >= 0.6 is 11.8 Å². The number of carboxylic acid groups (broad SMARTS) is 1. The van der Waals surface area contributed by atoms with E-state index < -0.39 is 11.5 Å². The Labute approximate surface area is 118 Å². The van der Waals surface area contributed by atoms with Crippen LogP contribution in [-0.4, -0.2) is 51.6 Å². The molecule has 2 fully saturated rings. The highest BCUT2D eigenvalue weighted by Gasteiger charge is 2.46. The molecule has 2 rings (SSSR count). The number of carbonyl (C=O) groups is 2. The van der Waals surface area contributed by atoms with E-state index in [1.54, 1.807) is 18.7 Å². The first-order chi connectivity index (χ1) is 8.93. The highest BCUT2D eigenvalue weighted by Crippen LogP contribution is 2.46. The van der Waals surface area contributed by atoms with Gasteiger partial charge in [-0.1, -0.05) is 0 Å². The van der Waals surface area contributed by atoms with Gasteiger partial charge in [-0.15, -0.1) is 0 Å². The number of aliphatic carboxylic acids is 1. The van der Waals surface area contributed by atoms with Crippen LogP contribution in [0.5, 0.6) is 0 Å². The average molecular weight is 286 g/mol. The molecule has 0 radical (unpaired) electrons. The molecule has 2 N–H and O–H groups in total. The van der Waals surface area contributed by atoms with Gasteiger partial charge >= 0.3 is 12.0 Å². The molecule has 0 aromatic carbocycles. The van der Waals surface area contributed by atoms with Crippen molar-refractivity contribution < 1.29 is 14.7 Å². The third kappa shape index (κ3) is 2.83. The molecule has 2 aliphatic rings. The maximum Gasteiger partial charge on any atom is 0.329 e. The Morgan fingerprint density at radius 2 is 2.00 bits per heavy atom. The zero-order valence-electron chi connectivity index (χ0n) is 11.6. The van der Waals surface area contributed by atoms with Crippen molar-refractivity contribution in [3.8, 4) is 0 Å². The molecule has 1 atom stereocenters. The molecule has 6 heteroatoms. The first kappa shape index (κ1) is 14.5. The molecule has 1 saturated carbocycles. The van der Waals surface area contributed by atoms with E-state index in [2.05, 4.69) is 11.6 Å². The molecule has 0 spiro atoms. The number of urea groups is 1. The smallest absolute Gasteiger partial charge is 0.329 e. The van der Waals surface area contributed by atoms with Gasteiger partial charge in [0.15, 0.2) is 0 Å². The van der Waals surface area contributed by atoms with E-state index >= 15 is 0 Å². The van der Waals surface area contributed by atoms with Crippen molar-refractivity contribution >= 4 is 23.8 Å². The van der Waals surface area contributed by atoms with Crippen LogP contribution in [-0.2, 0) is 4.79 Å². The van der Waals surface area contributed by atoms with Crippen LogP contribution in [0.3, 0.4) is 0 Å². The molecular formula is C13H22N2O3S. The lowest BCUT2D eigenvalue weighted by atomic mass is 9.89. The Hall–Kier alpha value is -0.910. The van der Waals surface area contributed by atoms with E-state index in [-0.39, 0.29) is 10.8 Å². The Kier molecular flexibility index (Phi) is 3.99. The largest absolute Gasteiger partial charge is 0.480 e. The topological polar surface area (TPSA) is 69.6 Å². The van der Waals surface area contributed by atoms with Gasteiger partial charge in [0, 0.05) is 17.8 Å². The van der Waals surface area contributed by atoms with Gasteiger partial charge in [-0.05, 0) is 45.3 Å². The molecule has 108 valence electrons. The van der Waals surface area contributed by atoms with Crippen LogP contribution in [0.1, 0.15) is 39.0 Å². The second-order valence-electron chi connectivity index (χ2n) is 5.73. The fourth-order valence-corrected chi connectivity index (χ4v) is 3.32. The van der Waals surface area contributed by atoms with Crippen molar-refractivity contribution in [3.63, 3.8) is 0 Å². The van der Waals surface area contributed by atoms with Crippen LogP contribution in [0, 0.1) is 0 Å². The predicted molar refractivity (Wildman–Crippen MR) is 75.5 cm³/mol. The molecule has 0 bridgehead atoms. The predicted octanol–water partition coefficient (Wildman–Crippen LogP) is 1.92. The van der Waals surface area contributed by atoms with Crippen molar-refractivity contribution in [1.82, 2.24) is 10.2 Å². The SMILES string of the molecule is CSC1(CNC(=O)N2CCCCC2(C)C(=O)O)CC1. The van der Waals surface area contributed by atoms with Crippen molar-refractivity contribution in [2.75, 3.05) is 19.3 Å². The number of nitrogens with zero attached hydrogens (tertiary/aromatic N) is 1. The second-order valence-corrected chi connectivity index (χ2v) is 7.01. The summed E-state index contributed by atoms with van der Waals surface area (Å²) in [5, 5.41) is 12.3. The molecular weight excluding hydrogens is 264 g/mol. The van der Waals surface area contributed by atoms with Gasteiger partial charge < -0.3 is 15.3 Å². The maximum absolute atomic E-state index is 12.3. The number of carboxylic acids is 1. The quantitative estimate of drug-likeness (QED) is 0.828. The number of hydrogen-bond acceptors (Lipinski definition) is 3. The number of piperidine rings is 1. The number of carbonyl (C=O) groups excluding carboxylic acids is 1. The van der Waals surface area contributed by atoms with Gasteiger partial charge in [-0.2, -0.15) is 11.8 Å². The summed E-state index contributed by atoms with van der Waals surface area (Å²) in [4.78, 5) is 25.2. The standard InChI is InChI=1S/C13H22N2O3S/c1-12(10(16)17)5-3-4-8-15(12)11(18)14-9-13(19-2)6-7-13/h3-9H2,1-2H3,(H,14,18)(H,16,17). The summed E-state index contributed by atoms with van der Waals surface area (Å²) in [6, 6.07) is -0.232. The van der Waals surface area contributed by atoms with Crippen LogP contribution in [0.2, 0.25) is 0 Å². The highest BCUT2D eigenvalue weighted by atomic mass is 32.2. The van der Waals surface area contributed by atoms with Gasteiger partial charge in [0.1, 0.15) is 5.54 Å². The Balaban J connectivity index is 1.98. The summed E-state index contributed by atoms with van der Waals surface area (Å²) in [6.07, 6.45) is 6.59. The van der Waals surface area contributed by atoms with Gasteiger partial charge in [-0.3, -0.25) is 0 Å². The lowest BCUT2D eigenvalue weighted by Crippen LogP contribution is -2.60. The molecule has 5 nitrogen and oxygen atoms in total. The minimum Gasteiger partial charge on any atom is -0.480 e. The molecule has 1 aliphatic carbocycles. The summed E-state index contributed by atoms with van der Waals surface area (Å²) in [7, 11) is 0.